The minimum absolute atomic E-state index is 0.0624. The second-order valence-corrected chi connectivity index (χ2v) is 7.98. The van der Waals surface area contributed by atoms with Crippen LogP contribution in [0.2, 0.25) is 0 Å². The van der Waals surface area contributed by atoms with E-state index in [1.54, 1.807) is 6.20 Å². The number of aromatic nitrogens is 4. The molecule has 5 rings (SSSR count). The summed E-state index contributed by atoms with van der Waals surface area (Å²) in [7, 11) is 0. The third-order valence-corrected chi connectivity index (χ3v) is 5.73. The van der Waals surface area contributed by atoms with Crippen molar-refractivity contribution >= 4 is 22.8 Å². The number of H-pyrrole nitrogens is 1. The van der Waals surface area contributed by atoms with Crippen molar-refractivity contribution < 1.29 is 23.2 Å². The van der Waals surface area contributed by atoms with Gasteiger partial charge in [0.05, 0.1) is 17.5 Å². The smallest absolute Gasteiger partial charge is 0.273 e. The van der Waals surface area contributed by atoms with Crippen molar-refractivity contribution in [2.75, 3.05) is 18.0 Å². The lowest BCUT2D eigenvalue weighted by Gasteiger charge is -2.43. The van der Waals surface area contributed by atoms with Crippen LogP contribution in [0.5, 0.6) is 0 Å². The van der Waals surface area contributed by atoms with Gasteiger partial charge in [-0.2, -0.15) is 0 Å². The van der Waals surface area contributed by atoms with Gasteiger partial charge >= 0.3 is 0 Å². The molecule has 3 aromatic rings. The Bertz CT molecular complexity index is 1100. The number of hydrogen-bond donors (Lipinski definition) is 3. The van der Waals surface area contributed by atoms with Crippen LogP contribution in [-0.4, -0.2) is 55.7 Å². The number of anilines is 1. The number of carbonyl (C=O) groups is 1. The summed E-state index contributed by atoms with van der Waals surface area (Å²) in [5.41, 5.74) is 0.148. The number of nitrogens with zero attached hydrogens (tertiary/aromatic N) is 4. The SMILES string of the molecule is O=C(NCCC1(O)CC(F)(F)C1)c1noc2c1CN(c1ncnc3[nH]ccc13)CC2. The lowest BCUT2D eigenvalue weighted by molar-refractivity contribution is -0.206. The number of rotatable bonds is 5. The molecule has 30 heavy (non-hydrogen) atoms. The van der Waals surface area contributed by atoms with Crippen molar-refractivity contribution in [3.05, 3.63) is 35.6 Å². The minimum atomic E-state index is -2.82. The van der Waals surface area contributed by atoms with E-state index in [2.05, 4.69) is 25.4 Å². The predicted octanol–water partition coefficient (Wildman–Crippen LogP) is 1.79. The molecule has 11 heteroatoms. The lowest BCUT2D eigenvalue weighted by atomic mass is 9.74. The zero-order valence-electron chi connectivity index (χ0n) is 16.0. The van der Waals surface area contributed by atoms with Crippen molar-refractivity contribution in [3.63, 3.8) is 0 Å². The van der Waals surface area contributed by atoms with Crippen molar-refractivity contribution in [1.29, 1.82) is 0 Å². The van der Waals surface area contributed by atoms with Crippen molar-refractivity contribution in [1.82, 2.24) is 25.4 Å². The Morgan fingerprint density at radius 2 is 2.20 bits per heavy atom. The van der Waals surface area contributed by atoms with Gasteiger partial charge in [0, 0.05) is 44.1 Å². The van der Waals surface area contributed by atoms with Crippen LogP contribution in [0.25, 0.3) is 11.0 Å². The second kappa shape index (κ2) is 6.73. The molecule has 1 saturated carbocycles. The van der Waals surface area contributed by atoms with Gasteiger partial charge in [0.1, 0.15) is 23.6 Å². The van der Waals surface area contributed by atoms with Crippen LogP contribution < -0.4 is 10.2 Å². The third-order valence-electron chi connectivity index (χ3n) is 5.73. The summed E-state index contributed by atoms with van der Waals surface area (Å²) in [5, 5.41) is 17.5. The first kappa shape index (κ1) is 18.9. The van der Waals surface area contributed by atoms with E-state index in [1.807, 2.05) is 11.0 Å². The summed E-state index contributed by atoms with van der Waals surface area (Å²) in [4.78, 5) is 26.3. The Kier molecular flexibility index (Phi) is 4.24. The molecular weight excluding hydrogens is 398 g/mol. The molecule has 1 aliphatic carbocycles. The summed E-state index contributed by atoms with van der Waals surface area (Å²) in [5.74, 6) is -1.87. The highest BCUT2D eigenvalue weighted by molar-refractivity contribution is 5.94. The topological polar surface area (TPSA) is 120 Å². The van der Waals surface area contributed by atoms with Crippen LogP contribution in [0.15, 0.2) is 23.1 Å². The van der Waals surface area contributed by atoms with Gasteiger partial charge in [-0.1, -0.05) is 5.16 Å². The average Bonchev–Trinajstić information content (AvgIpc) is 3.32. The Morgan fingerprint density at radius 3 is 3.00 bits per heavy atom. The fraction of sp³-hybridized carbons (Fsp3) is 0.474. The standard InChI is InChI=1S/C19H20F2N6O3/c20-19(21)8-18(29,9-19)3-5-23-17(28)14-12-7-27(6-2-13(12)30-26-14)16-11-1-4-22-15(11)24-10-25-16/h1,4,10,29H,2-3,5-9H2,(H,23,28)(H,22,24,25). The number of amides is 1. The fourth-order valence-corrected chi connectivity index (χ4v) is 4.26. The van der Waals surface area contributed by atoms with Crippen LogP contribution in [-0.2, 0) is 13.0 Å². The summed E-state index contributed by atoms with van der Waals surface area (Å²) in [6.45, 7) is 1.13. The highest BCUT2D eigenvalue weighted by Gasteiger charge is 2.55. The summed E-state index contributed by atoms with van der Waals surface area (Å²) >= 11 is 0. The zero-order valence-corrected chi connectivity index (χ0v) is 16.0. The van der Waals surface area contributed by atoms with Gasteiger partial charge in [-0.15, -0.1) is 0 Å². The zero-order chi connectivity index (χ0) is 20.9. The average molecular weight is 418 g/mol. The maximum atomic E-state index is 13.0. The predicted molar refractivity (Wildman–Crippen MR) is 101 cm³/mol. The molecule has 0 aromatic carbocycles. The highest BCUT2D eigenvalue weighted by Crippen LogP contribution is 2.47. The van der Waals surface area contributed by atoms with Crippen molar-refractivity contribution in [2.45, 2.75) is 43.8 Å². The number of fused-ring (bicyclic) bond motifs is 2. The number of aromatic amines is 1. The Balaban J connectivity index is 1.27. The van der Waals surface area contributed by atoms with E-state index in [0.29, 0.717) is 30.8 Å². The first-order valence-electron chi connectivity index (χ1n) is 9.72. The van der Waals surface area contributed by atoms with Gasteiger partial charge in [0.25, 0.3) is 11.8 Å². The van der Waals surface area contributed by atoms with Crippen LogP contribution >= 0.6 is 0 Å². The van der Waals surface area contributed by atoms with Gasteiger partial charge < -0.3 is 24.8 Å². The quantitative estimate of drug-likeness (QED) is 0.578. The van der Waals surface area contributed by atoms with Crippen molar-refractivity contribution in [3.8, 4) is 0 Å². The maximum Gasteiger partial charge on any atom is 0.273 e. The monoisotopic (exact) mass is 418 g/mol. The summed E-state index contributed by atoms with van der Waals surface area (Å²) in [6.07, 6.45) is 2.77. The molecule has 158 valence electrons. The van der Waals surface area contributed by atoms with E-state index in [4.69, 9.17) is 4.52 Å². The molecule has 0 atom stereocenters. The molecule has 2 aliphatic rings. The fourth-order valence-electron chi connectivity index (χ4n) is 4.26. The lowest BCUT2D eigenvalue weighted by Crippen LogP contribution is -2.53. The summed E-state index contributed by atoms with van der Waals surface area (Å²) in [6, 6.07) is 1.90. The molecule has 0 unspecified atom stereocenters. The number of halogens is 2. The molecule has 0 bridgehead atoms. The van der Waals surface area contributed by atoms with E-state index in [0.717, 1.165) is 16.9 Å². The van der Waals surface area contributed by atoms with Crippen LogP contribution in [0.4, 0.5) is 14.6 Å². The van der Waals surface area contributed by atoms with Crippen LogP contribution in [0.3, 0.4) is 0 Å². The summed E-state index contributed by atoms with van der Waals surface area (Å²) < 4.78 is 31.3. The Morgan fingerprint density at radius 1 is 1.37 bits per heavy atom. The maximum absolute atomic E-state index is 13.0. The molecule has 4 heterocycles. The molecular formula is C19H20F2N6O3. The van der Waals surface area contributed by atoms with Gasteiger partial charge in [-0.25, -0.2) is 18.7 Å². The molecule has 3 N–H and O–H groups in total. The number of carbonyl (C=O) groups excluding carboxylic acids is 1. The first-order chi connectivity index (χ1) is 14.3. The largest absolute Gasteiger partial charge is 0.389 e. The molecule has 1 aliphatic heterocycles. The first-order valence-corrected chi connectivity index (χ1v) is 9.72. The van der Waals surface area contributed by atoms with Crippen LogP contribution in [0, 0.1) is 0 Å². The molecule has 0 spiro atoms. The van der Waals surface area contributed by atoms with E-state index in [-0.39, 0.29) is 18.7 Å². The van der Waals surface area contributed by atoms with E-state index >= 15 is 0 Å². The highest BCUT2D eigenvalue weighted by atomic mass is 19.3. The number of aliphatic hydroxyl groups is 1. The second-order valence-electron chi connectivity index (χ2n) is 7.98. The molecule has 0 saturated heterocycles. The van der Waals surface area contributed by atoms with E-state index < -0.39 is 30.3 Å². The molecule has 1 fully saturated rings. The molecule has 0 radical (unpaired) electrons. The third kappa shape index (κ3) is 3.28. The van der Waals surface area contributed by atoms with Crippen molar-refractivity contribution in [2.24, 2.45) is 0 Å². The Labute approximate surface area is 169 Å². The normalized spacial score (nSPS) is 19.4. The number of nitrogens with one attached hydrogen (secondary N) is 2. The van der Waals surface area contributed by atoms with Gasteiger partial charge in [0.15, 0.2) is 5.69 Å². The van der Waals surface area contributed by atoms with E-state index in [9.17, 15) is 18.7 Å². The molecule has 9 nitrogen and oxygen atoms in total. The minimum Gasteiger partial charge on any atom is -0.389 e. The number of alkyl halides is 2. The van der Waals surface area contributed by atoms with Gasteiger partial charge in [-0.3, -0.25) is 4.79 Å². The van der Waals surface area contributed by atoms with Gasteiger partial charge in [-0.05, 0) is 12.5 Å². The molecule has 1 amide bonds. The number of hydrogen-bond acceptors (Lipinski definition) is 7. The Hall–Kier alpha value is -3.08. The molecule has 3 aromatic heterocycles. The van der Waals surface area contributed by atoms with E-state index in [1.165, 1.54) is 6.33 Å². The van der Waals surface area contributed by atoms with Crippen LogP contribution in [0.1, 0.15) is 41.1 Å². The van der Waals surface area contributed by atoms with Gasteiger partial charge in [0.2, 0.25) is 0 Å².